The van der Waals surface area contributed by atoms with E-state index in [9.17, 15) is 14.4 Å². The summed E-state index contributed by atoms with van der Waals surface area (Å²) in [5.74, 6) is -0.527. The Bertz CT molecular complexity index is 667. The lowest BCUT2D eigenvalue weighted by Gasteiger charge is -2.13. The zero-order valence-corrected chi connectivity index (χ0v) is 14.8. The van der Waals surface area contributed by atoms with E-state index in [0.717, 1.165) is 51.6 Å². The Hall–Kier alpha value is -2.64. The SMILES string of the molecule is O=C(COC(=O)c1ccc[nH+]c1N1CCCC1)NC(=O)NC1CCCC1. The standard InChI is InChI=1S/C18H24N4O4/c23-15(21-18(25)20-13-6-1-2-7-13)12-26-17(24)14-8-5-9-19-16(14)22-10-3-4-11-22/h5,8-9,13H,1-4,6-7,10-12H2,(H2,20,21,23,25)/p+1. The predicted molar refractivity (Wildman–Crippen MR) is 93.7 cm³/mol. The molecular formula is C18H25N4O4+. The topological polar surface area (TPSA) is 102 Å². The first-order valence-corrected chi connectivity index (χ1v) is 9.16. The number of pyridine rings is 1. The highest BCUT2D eigenvalue weighted by Gasteiger charge is 2.28. The van der Waals surface area contributed by atoms with E-state index in [-0.39, 0.29) is 6.04 Å². The molecule has 1 aliphatic carbocycles. The van der Waals surface area contributed by atoms with Crippen LogP contribution in [0.5, 0.6) is 0 Å². The van der Waals surface area contributed by atoms with Crippen molar-refractivity contribution < 1.29 is 24.1 Å². The lowest BCUT2D eigenvalue weighted by molar-refractivity contribution is -0.364. The summed E-state index contributed by atoms with van der Waals surface area (Å²) in [6, 6.07) is 2.96. The Kier molecular flexibility index (Phi) is 6.04. The summed E-state index contributed by atoms with van der Waals surface area (Å²) in [5.41, 5.74) is 0.387. The van der Waals surface area contributed by atoms with Crippen LogP contribution in [-0.4, -0.2) is 43.6 Å². The molecule has 1 saturated heterocycles. The van der Waals surface area contributed by atoms with Crippen LogP contribution < -0.4 is 20.5 Å². The number of amides is 3. The second-order valence-electron chi connectivity index (χ2n) is 6.71. The van der Waals surface area contributed by atoms with Gasteiger partial charge in [0.05, 0.1) is 19.3 Å². The van der Waals surface area contributed by atoms with E-state index < -0.39 is 24.5 Å². The normalized spacial score (nSPS) is 17.2. The molecule has 2 heterocycles. The van der Waals surface area contributed by atoms with Crippen LogP contribution in [-0.2, 0) is 9.53 Å². The van der Waals surface area contributed by atoms with Crippen molar-refractivity contribution in [3.8, 4) is 0 Å². The number of nitrogens with zero attached hydrogens (tertiary/aromatic N) is 1. The van der Waals surface area contributed by atoms with Crippen LogP contribution in [0.4, 0.5) is 10.6 Å². The summed E-state index contributed by atoms with van der Waals surface area (Å²) in [6.07, 6.45) is 7.95. The van der Waals surface area contributed by atoms with E-state index >= 15 is 0 Å². The maximum atomic E-state index is 12.3. The average molecular weight is 361 g/mol. The molecule has 2 aliphatic rings. The molecule has 0 atom stereocenters. The van der Waals surface area contributed by atoms with E-state index in [1.807, 2.05) is 0 Å². The minimum absolute atomic E-state index is 0.119. The van der Waals surface area contributed by atoms with Gasteiger partial charge in [0.1, 0.15) is 5.56 Å². The molecule has 1 aromatic heterocycles. The Morgan fingerprint density at radius 3 is 2.62 bits per heavy atom. The van der Waals surface area contributed by atoms with Gasteiger partial charge in [-0.2, -0.15) is 0 Å². The maximum absolute atomic E-state index is 12.3. The lowest BCUT2D eigenvalue weighted by Crippen LogP contribution is -2.45. The number of hydrogen-bond acceptors (Lipinski definition) is 5. The van der Waals surface area contributed by atoms with E-state index in [1.165, 1.54) is 0 Å². The summed E-state index contributed by atoms with van der Waals surface area (Å²) >= 11 is 0. The summed E-state index contributed by atoms with van der Waals surface area (Å²) < 4.78 is 5.08. The lowest BCUT2D eigenvalue weighted by atomic mass is 10.2. The van der Waals surface area contributed by atoms with E-state index in [0.29, 0.717) is 11.4 Å². The van der Waals surface area contributed by atoms with Gasteiger partial charge < -0.3 is 10.1 Å². The minimum atomic E-state index is -0.642. The first-order chi connectivity index (χ1) is 12.6. The number of aromatic nitrogens is 1. The van der Waals surface area contributed by atoms with Crippen LogP contribution in [0.15, 0.2) is 18.3 Å². The Balaban J connectivity index is 1.49. The molecular weight excluding hydrogens is 336 g/mol. The predicted octanol–water partition coefficient (Wildman–Crippen LogP) is 1.03. The molecule has 3 N–H and O–H groups in total. The Morgan fingerprint density at radius 2 is 1.88 bits per heavy atom. The zero-order valence-electron chi connectivity index (χ0n) is 14.8. The van der Waals surface area contributed by atoms with Crippen LogP contribution in [0, 0.1) is 0 Å². The summed E-state index contributed by atoms with van der Waals surface area (Å²) in [7, 11) is 0. The van der Waals surface area contributed by atoms with Crippen molar-refractivity contribution in [1.82, 2.24) is 10.6 Å². The molecule has 8 nitrogen and oxygen atoms in total. The van der Waals surface area contributed by atoms with Gasteiger partial charge in [-0.05, 0) is 37.8 Å². The van der Waals surface area contributed by atoms with Gasteiger partial charge in [-0.3, -0.25) is 15.0 Å². The number of imide groups is 1. The van der Waals surface area contributed by atoms with Crippen LogP contribution >= 0.6 is 0 Å². The third-order valence-corrected chi connectivity index (χ3v) is 4.75. The summed E-state index contributed by atoms with van der Waals surface area (Å²) in [4.78, 5) is 41.1. The van der Waals surface area contributed by atoms with Gasteiger partial charge in [0.15, 0.2) is 6.61 Å². The first kappa shape index (κ1) is 18.2. The number of hydrogen-bond donors (Lipinski definition) is 2. The number of carbonyl (C=O) groups excluding carboxylic acids is 3. The average Bonchev–Trinajstić information content (AvgIpc) is 3.33. The summed E-state index contributed by atoms with van der Waals surface area (Å²) in [6.45, 7) is 1.26. The summed E-state index contributed by atoms with van der Waals surface area (Å²) in [5, 5.41) is 4.95. The van der Waals surface area contributed by atoms with E-state index in [1.54, 1.807) is 18.3 Å². The van der Waals surface area contributed by atoms with Crippen molar-refractivity contribution in [2.45, 2.75) is 44.6 Å². The fraction of sp³-hybridized carbons (Fsp3) is 0.556. The molecule has 0 unspecified atom stereocenters. The van der Waals surface area contributed by atoms with Crippen LogP contribution in [0.25, 0.3) is 0 Å². The molecule has 0 radical (unpaired) electrons. The molecule has 1 aromatic rings. The van der Waals surface area contributed by atoms with Crippen molar-refractivity contribution in [1.29, 1.82) is 0 Å². The van der Waals surface area contributed by atoms with Gasteiger partial charge in [-0.15, -0.1) is 0 Å². The maximum Gasteiger partial charge on any atom is 0.347 e. The number of H-pyrrole nitrogens is 1. The number of nitrogens with one attached hydrogen (secondary N) is 3. The van der Waals surface area contributed by atoms with E-state index in [2.05, 4.69) is 20.5 Å². The second-order valence-corrected chi connectivity index (χ2v) is 6.71. The number of esters is 1. The fourth-order valence-corrected chi connectivity index (χ4v) is 3.46. The third kappa shape index (κ3) is 4.71. The quantitative estimate of drug-likeness (QED) is 0.763. The van der Waals surface area contributed by atoms with Crippen molar-refractivity contribution in [3.63, 3.8) is 0 Å². The third-order valence-electron chi connectivity index (χ3n) is 4.75. The zero-order chi connectivity index (χ0) is 18.4. The Labute approximate surface area is 152 Å². The van der Waals surface area contributed by atoms with Gasteiger partial charge in [0.2, 0.25) is 0 Å². The Morgan fingerprint density at radius 1 is 1.15 bits per heavy atom. The molecule has 1 aliphatic heterocycles. The highest BCUT2D eigenvalue weighted by Crippen LogP contribution is 2.20. The highest BCUT2D eigenvalue weighted by molar-refractivity contribution is 5.98. The number of ether oxygens (including phenoxy) is 1. The van der Waals surface area contributed by atoms with Crippen LogP contribution in [0.3, 0.4) is 0 Å². The molecule has 2 fully saturated rings. The number of urea groups is 1. The number of carbonyl (C=O) groups is 3. The molecule has 0 spiro atoms. The second kappa shape index (κ2) is 8.64. The van der Waals surface area contributed by atoms with Crippen LogP contribution in [0.1, 0.15) is 48.9 Å². The number of anilines is 1. The molecule has 8 heteroatoms. The molecule has 0 bridgehead atoms. The molecule has 26 heavy (non-hydrogen) atoms. The smallest absolute Gasteiger partial charge is 0.347 e. The van der Waals surface area contributed by atoms with Gasteiger partial charge in [-0.1, -0.05) is 12.8 Å². The fourth-order valence-electron chi connectivity index (χ4n) is 3.46. The number of aromatic amines is 1. The molecule has 3 amide bonds. The van der Waals surface area contributed by atoms with Crippen molar-refractivity contribution in [2.24, 2.45) is 0 Å². The highest BCUT2D eigenvalue weighted by atomic mass is 16.5. The van der Waals surface area contributed by atoms with E-state index in [4.69, 9.17) is 4.74 Å². The monoisotopic (exact) mass is 361 g/mol. The molecule has 0 aromatic carbocycles. The largest absolute Gasteiger partial charge is 0.452 e. The van der Waals surface area contributed by atoms with Gasteiger partial charge >= 0.3 is 12.0 Å². The molecule has 3 rings (SSSR count). The van der Waals surface area contributed by atoms with Gasteiger partial charge in [-0.25, -0.2) is 14.6 Å². The number of rotatable bonds is 5. The van der Waals surface area contributed by atoms with Crippen molar-refractivity contribution in [2.75, 3.05) is 24.6 Å². The minimum Gasteiger partial charge on any atom is -0.452 e. The van der Waals surface area contributed by atoms with Gasteiger partial charge in [0, 0.05) is 6.04 Å². The van der Waals surface area contributed by atoms with Gasteiger partial charge in [0.25, 0.3) is 11.7 Å². The van der Waals surface area contributed by atoms with Crippen LogP contribution in [0.2, 0.25) is 0 Å². The molecule has 140 valence electrons. The van der Waals surface area contributed by atoms with Crippen molar-refractivity contribution >= 4 is 23.7 Å². The molecule has 1 saturated carbocycles. The first-order valence-electron chi connectivity index (χ1n) is 9.16. The van der Waals surface area contributed by atoms with Crippen molar-refractivity contribution in [3.05, 3.63) is 23.9 Å².